The number of carbonyl (C=O) groups excluding carboxylic acids is 5. The molecule has 6 atom stereocenters. The number of hydrogen-bond donors (Lipinski definition) is 4. The van der Waals surface area contributed by atoms with Gasteiger partial charge in [0, 0.05) is 45.8 Å². The monoisotopic (exact) mass is 681 g/mol. The lowest BCUT2D eigenvalue weighted by Gasteiger charge is -2.39. The summed E-state index contributed by atoms with van der Waals surface area (Å²) in [5, 5.41) is 10.9. The molecule has 5 amide bonds. The van der Waals surface area contributed by atoms with E-state index in [-0.39, 0.29) is 31.3 Å². The molecule has 14 nitrogen and oxygen atoms in total. The van der Waals surface area contributed by atoms with Gasteiger partial charge in [-0.15, -0.1) is 6.58 Å². The van der Waals surface area contributed by atoms with Gasteiger partial charge in [-0.1, -0.05) is 61.0 Å². The number of carbonyl (C=O) groups is 5. The van der Waals surface area contributed by atoms with E-state index in [2.05, 4.69) is 27.8 Å². The Balaban J connectivity index is 1.75. The maximum absolute atomic E-state index is 14.2. The van der Waals surface area contributed by atoms with Gasteiger partial charge in [0.2, 0.25) is 17.6 Å². The second-order valence-electron chi connectivity index (χ2n) is 15.2. The topological polar surface area (TPSA) is 177 Å². The molecule has 3 fully saturated rings. The van der Waals surface area contributed by atoms with Crippen LogP contribution in [0.25, 0.3) is 0 Å². The molecule has 0 aromatic heterocycles. The average molecular weight is 682 g/mol. The maximum Gasteiger partial charge on any atom is 0.315 e. The Kier molecular flexibility index (Phi) is 12.3. The van der Waals surface area contributed by atoms with Crippen molar-refractivity contribution in [2.45, 2.75) is 98.3 Å². The van der Waals surface area contributed by atoms with E-state index in [1.165, 1.54) is 26.6 Å². The van der Waals surface area contributed by atoms with Gasteiger partial charge >= 0.3 is 6.03 Å². The van der Waals surface area contributed by atoms with Crippen molar-refractivity contribution < 1.29 is 32.4 Å². The van der Waals surface area contributed by atoms with Crippen molar-refractivity contribution in [1.82, 2.24) is 34.8 Å². The van der Waals surface area contributed by atoms with Crippen molar-refractivity contribution in [2.24, 2.45) is 22.7 Å². The summed E-state index contributed by atoms with van der Waals surface area (Å²) in [6, 6.07) is -4.11. The molecular formula is C32H55N7O7S. The van der Waals surface area contributed by atoms with Crippen molar-refractivity contribution in [1.29, 1.82) is 0 Å². The van der Waals surface area contributed by atoms with E-state index < -0.39 is 74.7 Å². The minimum atomic E-state index is -3.66. The first-order valence-electron chi connectivity index (χ1n) is 16.6. The first kappa shape index (κ1) is 38.4. The number of fused-ring (bicyclic) bond motifs is 1. The van der Waals surface area contributed by atoms with Crippen LogP contribution in [-0.4, -0.2) is 115 Å². The molecule has 15 heteroatoms. The van der Waals surface area contributed by atoms with Crippen LogP contribution in [0.3, 0.4) is 0 Å². The Hall–Kier alpha value is -3.04. The van der Waals surface area contributed by atoms with Crippen molar-refractivity contribution in [3.63, 3.8) is 0 Å². The number of Topliss-reactive ketones (excluding diaryl/α,β-unsaturated/α-hetero) is 1. The van der Waals surface area contributed by atoms with Crippen LogP contribution in [0.2, 0.25) is 0 Å². The van der Waals surface area contributed by atoms with Crippen molar-refractivity contribution in [3.8, 4) is 0 Å². The summed E-state index contributed by atoms with van der Waals surface area (Å²) < 4.78 is 28.5. The van der Waals surface area contributed by atoms with Crippen molar-refractivity contribution in [2.75, 3.05) is 39.8 Å². The van der Waals surface area contributed by atoms with Crippen molar-refractivity contribution >= 4 is 39.7 Å². The number of piperidine rings is 1. The van der Waals surface area contributed by atoms with E-state index >= 15 is 0 Å². The quantitative estimate of drug-likeness (QED) is 0.147. The SMILES string of the molecule is C=CCNC(=O)C(=O)C(CCC)NC(=O)[C@@H]1[C@H]2C[C@H]2CN1C(=O)[C@@H](NC(=O)N[C@H](CN(C)S(=O)(=O)N1CCC1)C(C)(C)C)C(C)(C)C. The standard InChI is InChI=1S/C32H55N7O7S/c1-10-13-22(25(40)28(42)33-14-11-2)34-27(41)24-21-17-20(21)18-39(24)29(43)26(32(6,7)8)36-30(44)35-23(31(3,4)5)19-37(9)47(45,46)38-15-12-16-38/h11,20-24,26H,2,10,12-19H2,1,3-9H3,(H,33,42)(H,34,41)(H2,35,36,44)/t20-,21-,22?,23+,24-,26+/m0/s1. The van der Waals surface area contributed by atoms with E-state index in [0.29, 0.717) is 26.1 Å². The van der Waals surface area contributed by atoms with Crippen molar-refractivity contribution in [3.05, 3.63) is 12.7 Å². The van der Waals surface area contributed by atoms with Gasteiger partial charge in [-0.25, -0.2) is 4.79 Å². The van der Waals surface area contributed by atoms with E-state index in [9.17, 15) is 32.4 Å². The average Bonchev–Trinajstić information content (AvgIpc) is 3.59. The number of likely N-dealkylation sites (tertiary alicyclic amines) is 1. The van der Waals surface area contributed by atoms with Gasteiger partial charge in [0.1, 0.15) is 12.1 Å². The number of urea groups is 1. The highest BCUT2D eigenvalue weighted by atomic mass is 32.2. The Morgan fingerprint density at radius 2 is 1.64 bits per heavy atom. The molecule has 266 valence electrons. The van der Waals surface area contributed by atoms with Gasteiger partial charge in [0.15, 0.2) is 0 Å². The van der Waals surface area contributed by atoms with Crippen LogP contribution in [0.1, 0.15) is 74.1 Å². The van der Waals surface area contributed by atoms with Gasteiger partial charge in [-0.2, -0.15) is 17.0 Å². The molecule has 1 aliphatic carbocycles. The smallest absolute Gasteiger partial charge is 0.315 e. The third-order valence-electron chi connectivity index (χ3n) is 9.26. The number of hydrogen-bond acceptors (Lipinski definition) is 7. The van der Waals surface area contributed by atoms with E-state index in [0.717, 1.165) is 12.8 Å². The lowest BCUT2D eigenvalue weighted by atomic mass is 9.85. The Morgan fingerprint density at radius 3 is 2.15 bits per heavy atom. The number of nitrogens with one attached hydrogen (secondary N) is 4. The zero-order chi connectivity index (χ0) is 35.5. The first-order chi connectivity index (χ1) is 21.7. The highest BCUT2D eigenvalue weighted by Gasteiger charge is 2.58. The fraction of sp³-hybridized carbons (Fsp3) is 0.781. The zero-order valence-electron chi connectivity index (χ0n) is 29.2. The molecular weight excluding hydrogens is 626 g/mol. The molecule has 0 aromatic carbocycles. The molecule has 2 saturated heterocycles. The maximum atomic E-state index is 14.2. The fourth-order valence-corrected chi connectivity index (χ4v) is 7.45. The third kappa shape index (κ3) is 9.32. The molecule has 0 radical (unpaired) electrons. The normalized spacial score (nSPS) is 23.1. The van der Waals surface area contributed by atoms with Gasteiger partial charge in [-0.05, 0) is 41.9 Å². The number of nitrogens with zero attached hydrogens (tertiary/aromatic N) is 3. The molecule has 2 heterocycles. The van der Waals surface area contributed by atoms with Gasteiger partial charge < -0.3 is 26.2 Å². The largest absolute Gasteiger partial charge is 0.346 e. The third-order valence-corrected chi connectivity index (χ3v) is 11.2. The number of amides is 5. The summed E-state index contributed by atoms with van der Waals surface area (Å²) in [5.41, 5.74) is -1.27. The summed E-state index contributed by atoms with van der Waals surface area (Å²) in [6.07, 6.45) is 3.84. The number of ketones is 1. The summed E-state index contributed by atoms with van der Waals surface area (Å²) in [4.78, 5) is 68.0. The second-order valence-corrected chi connectivity index (χ2v) is 17.2. The first-order valence-corrected chi connectivity index (χ1v) is 18.0. The lowest BCUT2D eigenvalue weighted by molar-refractivity contribution is -0.144. The molecule has 4 N–H and O–H groups in total. The summed E-state index contributed by atoms with van der Waals surface area (Å²) in [5.74, 6) is -2.43. The minimum Gasteiger partial charge on any atom is -0.346 e. The highest BCUT2D eigenvalue weighted by Crippen LogP contribution is 2.50. The van der Waals surface area contributed by atoms with Crippen LogP contribution >= 0.6 is 0 Å². The van der Waals surface area contributed by atoms with Crippen LogP contribution < -0.4 is 21.3 Å². The molecule has 2 aliphatic heterocycles. The molecule has 0 spiro atoms. The Labute approximate surface area is 280 Å². The predicted molar refractivity (Wildman–Crippen MR) is 178 cm³/mol. The van der Waals surface area contributed by atoms with Crippen LogP contribution in [0.15, 0.2) is 12.7 Å². The Morgan fingerprint density at radius 1 is 1.00 bits per heavy atom. The minimum absolute atomic E-state index is 0.0326. The van der Waals surface area contributed by atoms with Crippen LogP contribution in [0, 0.1) is 22.7 Å². The molecule has 0 aromatic rings. The van der Waals surface area contributed by atoms with E-state index in [4.69, 9.17) is 0 Å². The highest BCUT2D eigenvalue weighted by molar-refractivity contribution is 7.86. The summed E-state index contributed by atoms with van der Waals surface area (Å²) >= 11 is 0. The van der Waals surface area contributed by atoms with E-state index in [1.54, 1.807) is 0 Å². The van der Waals surface area contributed by atoms with Gasteiger partial charge in [0.25, 0.3) is 16.1 Å². The van der Waals surface area contributed by atoms with Gasteiger partial charge in [-0.3, -0.25) is 19.2 Å². The summed E-state index contributed by atoms with van der Waals surface area (Å²) in [7, 11) is -2.17. The predicted octanol–water partition coefficient (Wildman–Crippen LogP) is 1.00. The fourth-order valence-electron chi connectivity index (χ4n) is 6.00. The lowest BCUT2D eigenvalue weighted by Crippen LogP contribution is -2.62. The number of likely N-dealkylation sites (N-methyl/N-ethyl adjacent to an activating group) is 1. The van der Waals surface area contributed by atoms with Crippen LogP contribution in [0.5, 0.6) is 0 Å². The molecule has 1 saturated carbocycles. The van der Waals surface area contributed by atoms with Crippen LogP contribution in [-0.2, 0) is 29.4 Å². The molecule has 47 heavy (non-hydrogen) atoms. The second kappa shape index (κ2) is 15.0. The molecule has 3 aliphatic rings. The molecule has 1 unspecified atom stereocenters. The van der Waals surface area contributed by atoms with Gasteiger partial charge in [0.05, 0.1) is 6.04 Å². The zero-order valence-corrected chi connectivity index (χ0v) is 30.0. The van der Waals surface area contributed by atoms with E-state index in [1.807, 2.05) is 48.5 Å². The molecule has 3 rings (SSSR count). The van der Waals surface area contributed by atoms with Crippen LogP contribution in [0.4, 0.5) is 4.79 Å². The Bertz CT molecular complexity index is 1320. The molecule has 0 bridgehead atoms. The summed E-state index contributed by atoms with van der Waals surface area (Å²) in [6.45, 7) is 17.9. The number of rotatable bonds is 15.